The van der Waals surface area contributed by atoms with Gasteiger partial charge in [0.1, 0.15) is 0 Å². The van der Waals surface area contributed by atoms with Gasteiger partial charge in [0.2, 0.25) is 0 Å². The van der Waals surface area contributed by atoms with Crippen molar-refractivity contribution in [2.24, 2.45) is 0 Å². The zero-order valence-corrected chi connectivity index (χ0v) is 17.2. The molecule has 0 amide bonds. The molecule has 0 aliphatic heterocycles. The fourth-order valence-electron chi connectivity index (χ4n) is 3.42. The zero-order chi connectivity index (χ0) is 21.8. The molecule has 2 aromatic heterocycles. The molecule has 2 nitrogen and oxygen atoms in total. The van der Waals surface area contributed by atoms with Crippen LogP contribution in [0.25, 0.3) is 11.1 Å². The van der Waals surface area contributed by atoms with Crippen LogP contribution in [0.4, 0.5) is 13.2 Å². The Morgan fingerprint density at radius 3 is 1.35 bits per heavy atom. The fourth-order valence-corrected chi connectivity index (χ4v) is 3.42. The van der Waals surface area contributed by atoms with E-state index in [-0.39, 0.29) is 0 Å². The summed E-state index contributed by atoms with van der Waals surface area (Å²) < 4.78 is 42.2. The van der Waals surface area contributed by atoms with E-state index in [9.17, 15) is 13.2 Å². The summed E-state index contributed by atoms with van der Waals surface area (Å²) in [7, 11) is 0. The Morgan fingerprint density at radius 2 is 0.968 bits per heavy atom. The average molecular weight is 420 g/mol. The molecule has 0 unspecified atom stereocenters. The van der Waals surface area contributed by atoms with E-state index in [0.29, 0.717) is 6.54 Å². The summed E-state index contributed by atoms with van der Waals surface area (Å²) in [6, 6.07) is 22.0. The van der Waals surface area contributed by atoms with Gasteiger partial charge in [-0.3, -0.25) is 0 Å². The molecule has 0 N–H and O–H groups in total. The molecule has 4 rings (SSSR count). The van der Waals surface area contributed by atoms with E-state index in [1.165, 1.54) is 23.3 Å². The van der Waals surface area contributed by atoms with Crippen LogP contribution in [0.2, 0.25) is 0 Å². The summed E-state index contributed by atoms with van der Waals surface area (Å²) in [5.74, 6) is 0. The Balaban J connectivity index is 1.41. The summed E-state index contributed by atoms with van der Waals surface area (Å²) in [5.41, 5.74) is 4.91. The first-order valence-electron chi connectivity index (χ1n) is 10.1. The molecule has 31 heavy (non-hydrogen) atoms. The first-order valence-corrected chi connectivity index (χ1v) is 10.1. The predicted molar refractivity (Wildman–Crippen MR) is 113 cm³/mol. The van der Waals surface area contributed by atoms with Gasteiger partial charge in [-0.25, -0.2) is 9.13 Å². The SMILES string of the molecule is Cc1ccc(C[n+]2ccc(-c3cc[n+](Cc4ccc(C(F)(F)F)cc4)cc3)cc2)cc1. The van der Waals surface area contributed by atoms with Gasteiger partial charge in [-0.2, -0.15) is 13.2 Å². The summed E-state index contributed by atoms with van der Waals surface area (Å²) in [6.45, 7) is 3.42. The Hall–Kier alpha value is -3.47. The van der Waals surface area contributed by atoms with Gasteiger partial charge in [-0.1, -0.05) is 42.0 Å². The molecule has 0 radical (unpaired) electrons. The summed E-state index contributed by atoms with van der Waals surface area (Å²) in [6.07, 6.45) is 3.72. The molecule has 4 aromatic rings. The lowest BCUT2D eigenvalue weighted by Gasteiger charge is -2.06. The van der Waals surface area contributed by atoms with Crippen LogP contribution in [0, 0.1) is 6.92 Å². The van der Waals surface area contributed by atoms with E-state index in [2.05, 4.69) is 60.3 Å². The van der Waals surface area contributed by atoms with Crippen LogP contribution in [0.5, 0.6) is 0 Å². The van der Waals surface area contributed by atoms with Crippen LogP contribution in [-0.4, -0.2) is 0 Å². The van der Waals surface area contributed by atoms with Crippen LogP contribution in [0.1, 0.15) is 22.3 Å². The minimum atomic E-state index is -4.30. The van der Waals surface area contributed by atoms with Gasteiger partial charge in [-0.15, -0.1) is 0 Å². The minimum absolute atomic E-state index is 0.518. The topological polar surface area (TPSA) is 7.76 Å². The molecule has 0 saturated heterocycles. The van der Waals surface area contributed by atoms with E-state index >= 15 is 0 Å². The number of hydrogen-bond acceptors (Lipinski definition) is 0. The highest BCUT2D eigenvalue weighted by Crippen LogP contribution is 2.29. The number of aromatic nitrogens is 2. The highest BCUT2D eigenvalue weighted by molar-refractivity contribution is 5.60. The zero-order valence-electron chi connectivity index (χ0n) is 17.2. The van der Waals surface area contributed by atoms with E-state index in [1.54, 1.807) is 0 Å². The van der Waals surface area contributed by atoms with Crippen molar-refractivity contribution in [3.8, 4) is 11.1 Å². The van der Waals surface area contributed by atoms with Crippen molar-refractivity contribution >= 4 is 0 Å². The molecule has 2 aromatic carbocycles. The average Bonchev–Trinajstić information content (AvgIpc) is 2.76. The number of pyridine rings is 2. The van der Waals surface area contributed by atoms with Gasteiger partial charge < -0.3 is 0 Å². The number of halogens is 3. The smallest absolute Gasteiger partial charge is 0.201 e. The lowest BCUT2D eigenvalue weighted by atomic mass is 10.1. The summed E-state index contributed by atoms with van der Waals surface area (Å²) >= 11 is 0. The van der Waals surface area contributed by atoms with Gasteiger partial charge in [0.25, 0.3) is 0 Å². The Morgan fingerprint density at radius 1 is 0.581 bits per heavy atom. The number of aryl methyl sites for hydroxylation is 1. The minimum Gasteiger partial charge on any atom is -0.201 e. The third-order valence-electron chi connectivity index (χ3n) is 5.25. The van der Waals surface area contributed by atoms with Gasteiger partial charge in [0, 0.05) is 35.4 Å². The maximum Gasteiger partial charge on any atom is 0.416 e. The quantitative estimate of drug-likeness (QED) is 0.385. The van der Waals surface area contributed by atoms with Gasteiger partial charge in [0.05, 0.1) is 5.56 Å². The van der Waals surface area contributed by atoms with Crippen LogP contribution in [-0.2, 0) is 19.3 Å². The lowest BCUT2D eigenvalue weighted by Crippen LogP contribution is -2.33. The van der Waals surface area contributed by atoms with Crippen LogP contribution < -0.4 is 9.13 Å². The molecule has 5 heteroatoms. The molecular weight excluding hydrogens is 397 g/mol. The Bertz CT molecular complexity index is 1130. The molecule has 0 spiro atoms. The molecule has 2 heterocycles. The van der Waals surface area contributed by atoms with Crippen molar-refractivity contribution in [3.05, 3.63) is 120 Å². The molecule has 0 saturated carbocycles. The molecule has 0 atom stereocenters. The second-order valence-corrected chi connectivity index (χ2v) is 7.70. The highest BCUT2D eigenvalue weighted by Gasteiger charge is 2.30. The fraction of sp³-hybridized carbons (Fsp3) is 0.154. The molecule has 156 valence electrons. The second-order valence-electron chi connectivity index (χ2n) is 7.70. The van der Waals surface area contributed by atoms with Crippen LogP contribution >= 0.6 is 0 Å². The molecule has 0 aliphatic carbocycles. The molecular formula is C26H23F3N2+2. The maximum absolute atomic E-state index is 12.7. The molecule has 0 aliphatic rings. The third kappa shape index (κ3) is 5.37. The molecule has 0 bridgehead atoms. The number of alkyl halides is 3. The van der Waals surface area contributed by atoms with Crippen molar-refractivity contribution in [2.45, 2.75) is 26.2 Å². The van der Waals surface area contributed by atoms with Crippen LogP contribution in [0.3, 0.4) is 0 Å². The van der Waals surface area contributed by atoms with Gasteiger partial charge in [0.15, 0.2) is 37.9 Å². The standard InChI is InChI=1S/C26H23F3N2/c1-20-2-4-21(5-3-20)18-30-14-10-23(11-15-30)24-12-16-31(17-13-24)19-22-6-8-25(9-7-22)26(27,28)29/h2-17H,18-19H2,1H3/q+2. The van der Waals surface area contributed by atoms with Crippen molar-refractivity contribution in [2.75, 3.05) is 0 Å². The van der Waals surface area contributed by atoms with E-state index in [1.807, 2.05) is 29.1 Å². The largest absolute Gasteiger partial charge is 0.416 e. The summed E-state index contributed by atoms with van der Waals surface area (Å²) in [5, 5.41) is 0. The number of hydrogen-bond donors (Lipinski definition) is 0. The van der Waals surface area contributed by atoms with Crippen molar-refractivity contribution in [1.82, 2.24) is 0 Å². The maximum atomic E-state index is 12.7. The Kier molecular flexibility index (Phi) is 5.85. The van der Waals surface area contributed by atoms with E-state index < -0.39 is 11.7 Å². The lowest BCUT2D eigenvalue weighted by molar-refractivity contribution is -0.688. The third-order valence-corrected chi connectivity index (χ3v) is 5.25. The normalized spacial score (nSPS) is 11.5. The monoisotopic (exact) mass is 420 g/mol. The number of rotatable bonds is 5. The van der Waals surface area contributed by atoms with Gasteiger partial charge >= 0.3 is 6.18 Å². The summed E-state index contributed by atoms with van der Waals surface area (Å²) in [4.78, 5) is 0. The van der Waals surface area contributed by atoms with Crippen LogP contribution in [0.15, 0.2) is 97.6 Å². The van der Waals surface area contributed by atoms with Crippen molar-refractivity contribution in [1.29, 1.82) is 0 Å². The van der Waals surface area contributed by atoms with E-state index in [0.717, 1.165) is 35.4 Å². The highest BCUT2D eigenvalue weighted by atomic mass is 19.4. The van der Waals surface area contributed by atoms with Gasteiger partial charge in [-0.05, 0) is 30.2 Å². The Labute approximate surface area is 179 Å². The van der Waals surface area contributed by atoms with Crippen molar-refractivity contribution < 1.29 is 22.3 Å². The number of nitrogens with zero attached hydrogens (tertiary/aromatic N) is 2. The van der Waals surface area contributed by atoms with E-state index in [4.69, 9.17) is 0 Å². The van der Waals surface area contributed by atoms with Crippen molar-refractivity contribution in [3.63, 3.8) is 0 Å². The molecule has 0 fully saturated rings. The first-order chi connectivity index (χ1) is 14.9. The number of benzene rings is 2. The predicted octanol–water partition coefficient (Wildman–Crippen LogP) is 5.35. The second kappa shape index (κ2) is 8.72. The first kappa shape index (κ1) is 20.8.